The number of hydrogen-bond donors (Lipinski definition) is 2. The van der Waals surface area contributed by atoms with Gasteiger partial charge in [-0.3, -0.25) is 4.79 Å². The zero-order valence-electron chi connectivity index (χ0n) is 12.1. The first-order valence-corrected chi connectivity index (χ1v) is 7.13. The molecule has 1 aromatic carbocycles. The van der Waals surface area contributed by atoms with Crippen molar-refractivity contribution in [1.82, 2.24) is 9.97 Å². The highest BCUT2D eigenvalue weighted by molar-refractivity contribution is 5.98. The van der Waals surface area contributed by atoms with Crippen LogP contribution in [0.2, 0.25) is 0 Å². The molecule has 0 aliphatic heterocycles. The van der Waals surface area contributed by atoms with Crippen LogP contribution in [0.3, 0.4) is 0 Å². The number of carbonyl (C=O) groups is 1. The topological polar surface area (TPSA) is 84.9 Å². The van der Waals surface area contributed by atoms with E-state index in [9.17, 15) is 4.79 Å². The van der Waals surface area contributed by atoms with Crippen molar-refractivity contribution in [2.45, 2.75) is 0 Å². The van der Waals surface area contributed by atoms with Crippen molar-refractivity contribution in [1.29, 1.82) is 0 Å². The number of H-pyrrole nitrogens is 1. The molecule has 3 N–H and O–H groups in total. The van der Waals surface area contributed by atoms with Gasteiger partial charge in [-0.1, -0.05) is 12.1 Å². The molecule has 3 aromatic heterocycles. The Morgan fingerprint density at radius 3 is 2.83 bits per heavy atom. The summed E-state index contributed by atoms with van der Waals surface area (Å²) in [5, 5.41) is 0.959. The molecule has 4 rings (SSSR count). The van der Waals surface area contributed by atoms with Gasteiger partial charge in [0.05, 0.1) is 6.26 Å². The lowest BCUT2D eigenvalue weighted by Gasteiger charge is -2.03. The quantitative estimate of drug-likeness (QED) is 0.606. The molecule has 112 valence electrons. The van der Waals surface area contributed by atoms with E-state index in [1.165, 1.54) is 0 Å². The minimum atomic E-state index is -0.443. The van der Waals surface area contributed by atoms with Crippen LogP contribution in [-0.4, -0.2) is 15.9 Å². The Morgan fingerprint density at radius 2 is 2.04 bits per heavy atom. The second kappa shape index (κ2) is 5.14. The van der Waals surface area contributed by atoms with Crippen LogP contribution in [-0.2, 0) is 0 Å². The number of aromatic nitrogens is 2. The van der Waals surface area contributed by atoms with Gasteiger partial charge < -0.3 is 15.1 Å². The first kappa shape index (κ1) is 13.3. The predicted molar refractivity (Wildman–Crippen MR) is 87.7 cm³/mol. The summed E-state index contributed by atoms with van der Waals surface area (Å²) in [6, 6.07) is 13.0. The Balaban J connectivity index is 1.89. The number of primary amides is 1. The van der Waals surface area contributed by atoms with Crippen molar-refractivity contribution in [2.24, 2.45) is 5.73 Å². The molecule has 3 heterocycles. The molecule has 0 aliphatic carbocycles. The third-order valence-electron chi connectivity index (χ3n) is 3.79. The van der Waals surface area contributed by atoms with Crippen LogP contribution in [0.25, 0.3) is 33.5 Å². The zero-order chi connectivity index (χ0) is 15.8. The van der Waals surface area contributed by atoms with E-state index < -0.39 is 5.91 Å². The van der Waals surface area contributed by atoms with Gasteiger partial charge in [-0.25, -0.2) is 4.98 Å². The highest BCUT2D eigenvalue weighted by Crippen LogP contribution is 2.31. The highest BCUT2D eigenvalue weighted by atomic mass is 16.3. The summed E-state index contributed by atoms with van der Waals surface area (Å²) in [5.41, 5.74) is 9.39. The number of fused-ring (bicyclic) bond motifs is 1. The van der Waals surface area contributed by atoms with Crippen LogP contribution in [0.4, 0.5) is 0 Å². The second-order valence-corrected chi connectivity index (χ2v) is 5.24. The number of hydrogen-bond acceptors (Lipinski definition) is 3. The predicted octanol–water partition coefficient (Wildman–Crippen LogP) is 3.59. The number of carbonyl (C=O) groups excluding carboxylic acids is 1. The lowest BCUT2D eigenvalue weighted by molar-refractivity contribution is 0.100. The van der Waals surface area contributed by atoms with E-state index in [1.807, 2.05) is 36.5 Å². The number of rotatable bonds is 3. The third-order valence-corrected chi connectivity index (χ3v) is 3.79. The van der Waals surface area contributed by atoms with Gasteiger partial charge in [0.2, 0.25) is 5.91 Å². The molecule has 0 unspecified atom stereocenters. The van der Waals surface area contributed by atoms with E-state index in [-0.39, 0.29) is 0 Å². The zero-order valence-corrected chi connectivity index (χ0v) is 12.1. The minimum absolute atomic E-state index is 0.443. The van der Waals surface area contributed by atoms with Crippen molar-refractivity contribution in [3.63, 3.8) is 0 Å². The average Bonchev–Trinajstić information content (AvgIpc) is 3.24. The van der Waals surface area contributed by atoms with Crippen molar-refractivity contribution < 1.29 is 9.21 Å². The van der Waals surface area contributed by atoms with Crippen LogP contribution in [0.15, 0.2) is 65.5 Å². The van der Waals surface area contributed by atoms with Gasteiger partial charge in [-0.2, -0.15) is 0 Å². The number of pyridine rings is 1. The molecular formula is C18H13N3O2. The van der Waals surface area contributed by atoms with Crippen molar-refractivity contribution in [2.75, 3.05) is 0 Å². The first-order valence-electron chi connectivity index (χ1n) is 7.13. The summed E-state index contributed by atoms with van der Waals surface area (Å²) in [6.07, 6.45) is 5.28. The van der Waals surface area contributed by atoms with Gasteiger partial charge in [0, 0.05) is 34.5 Å². The number of nitrogens with two attached hydrogens (primary N) is 1. The van der Waals surface area contributed by atoms with E-state index in [4.69, 9.17) is 10.2 Å². The molecule has 0 radical (unpaired) electrons. The van der Waals surface area contributed by atoms with Crippen molar-refractivity contribution >= 4 is 16.9 Å². The summed E-state index contributed by atoms with van der Waals surface area (Å²) in [4.78, 5) is 19.0. The van der Waals surface area contributed by atoms with E-state index in [2.05, 4.69) is 9.97 Å². The Bertz CT molecular complexity index is 1000. The van der Waals surface area contributed by atoms with E-state index >= 15 is 0 Å². The molecule has 0 saturated carbocycles. The van der Waals surface area contributed by atoms with E-state index in [1.54, 1.807) is 24.6 Å². The molecule has 5 nitrogen and oxygen atoms in total. The van der Waals surface area contributed by atoms with Crippen LogP contribution in [0.5, 0.6) is 0 Å². The SMILES string of the molecule is NC(=O)c1cccc(-c2c[nH]c3ncc(-c4ccco4)cc23)c1. The van der Waals surface area contributed by atoms with Crippen molar-refractivity contribution in [3.05, 3.63) is 66.7 Å². The van der Waals surface area contributed by atoms with Gasteiger partial charge in [-0.05, 0) is 35.9 Å². The number of furan rings is 1. The number of amides is 1. The molecule has 1 amide bonds. The van der Waals surface area contributed by atoms with Crippen LogP contribution >= 0.6 is 0 Å². The number of aromatic amines is 1. The molecule has 4 aromatic rings. The van der Waals surface area contributed by atoms with Gasteiger partial charge in [0.1, 0.15) is 11.4 Å². The maximum atomic E-state index is 11.4. The fourth-order valence-electron chi connectivity index (χ4n) is 2.66. The highest BCUT2D eigenvalue weighted by Gasteiger charge is 2.11. The van der Waals surface area contributed by atoms with Crippen LogP contribution in [0.1, 0.15) is 10.4 Å². The van der Waals surface area contributed by atoms with Gasteiger partial charge >= 0.3 is 0 Å². The summed E-state index contributed by atoms with van der Waals surface area (Å²) < 4.78 is 5.43. The van der Waals surface area contributed by atoms with Gasteiger partial charge in [0.25, 0.3) is 0 Å². The van der Waals surface area contributed by atoms with E-state index in [0.717, 1.165) is 33.5 Å². The lowest BCUT2D eigenvalue weighted by Crippen LogP contribution is -2.10. The fraction of sp³-hybridized carbons (Fsp3) is 0. The smallest absolute Gasteiger partial charge is 0.248 e. The van der Waals surface area contributed by atoms with Crippen LogP contribution < -0.4 is 5.73 Å². The van der Waals surface area contributed by atoms with E-state index in [0.29, 0.717) is 5.56 Å². The molecule has 0 spiro atoms. The molecule has 0 aliphatic rings. The second-order valence-electron chi connectivity index (χ2n) is 5.24. The number of benzene rings is 1. The molecular weight excluding hydrogens is 290 g/mol. The summed E-state index contributed by atoms with van der Waals surface area (Å²) in [7, 11) is 0. The Morgan fingerprint density at radius 1 is 1.13 bits per heavy atom. The summed E-state index contributed by atoms with van der Waals surface area (Å²) >= 11 is 0. The molecule has 0 saturated heterocycles. The Hall–Kier alpha value is -3.34. The molecule has 0 fully saturated rings. The van der Waals surface area contributed by atoms with Crippen LogP contribution in [0, 0.1) is 0 Å². The van der Waals surface area contributed by atoms with Gasteiger partial charge in [-0.15, -0.1) is 0 Å². The summed E-state index contributed by atoms with van der Waals surface area (Å²) in [5.74, 6) is 0.318. The fourth-order valence-corrected chi connectivity index (χ4v) is 2.66. The minimum Gasteiger partial charge on any atom is -0.464 e. The molecule has 0 atom stereocenters. The van der Waals surface area contributed by atoms with Crippen molar-refractivity contribution in [3.8, 4) is 22.5 Å². The largest absolute Gasteiger partial charge is 0.464 e. The summed E-state index contributed by atoms with van der Waals surface area (Å²) in [6.45, 7) is 0. The third kappa shape index (κ3) is 2.28. The standard InChI is InChI=1S/C18H13N3O2/c19-17(22)12-4-1-3-11(7-12)15-10-21-18-14(15)8-13(9-20-18)16-5-2-6-23-16/h1-10H,(H2,19,22)(H,20,21). The molecule has 0 bridgehead atoms. The molecule has 5 heteroatoms. The maximum Gasteiger partial charge on any atom is 0.248 e. The first-order chi connectivity index (χ1) is 11.2. The maximum absolute atomic E-state index is 11.4. The Labute approximate surface area is 131 Å². The number of nitrogens with zero attached hydrogens (tertiary/aromatic N) is 1. The number of nitrogens with one attached hydrogen (secondary N) is 1. The molecule has 23 heavy (non-hydrogen) atoms. The lowest BCUT2D eigenvalue weighted by atomic mass is 10.0. The average molecular weight is 303 g/mol. The normalized spacial score (nSPS) is 11.0. The van der Waals surface area contributed by atoms with Gasteiger partial charge in [0.15, 0.2) is 0 Å². The Kier molecular flexibility index (Phi) is 2.98. The monoisotopic (exact) mass is 303 g/mol.